The molecule has 15 heavy (non-hydrogen) atoms. The average molecular weight is 222 g/mol. The van der Waals surface area contributed by atoms with Gasteiger partial charge in [0.25, 0.3) is 0 Å². The van der Waals surface area contributed by atoms with Crippen LogP contribution in [0, 0.1) is 0 Å². The summed E-state index contributed by atoms with van der Waals surface area (Å²) in [5.74, 6) is -0.879. The number of aliphatic carboxylic acids is 1. The van der Waals surface area contributed by atoms with Crippen LogP contribution in [-0.2, 0) is 4.79 Å². The Hall–Kier alpha value is -1.62. The highest BCUT2D eigenvalue weighted by Crippen LogP contribution is 2.24. The molecule has 0 aromatic carbocycles. The van der Waals surface area contributed by atoms with Crippen molar-refractivity contribution in [3.05, 3.63) is 29.9 Å². The van der Waals surface area contributed by atoms with Gasteiger partial charge in [-0.05, 0) is 18.4 Å². The predicted octanol–water partition coefficient (Wildman–Crippen LogP) is 2.26. The van der Waals surface area contributed by atoms with Crippen molar-refractivity contribution < 1.29 is 9.90 Å². The fraction of sp³-hybridized carbons (Fsp3) is 0.200. The van der Waals surface area contributed by atoms with Gasteiger partial charge in [-0.3, -0.25) is 4.68 Å². The number of rotatable bonds is 3. The lowest BCUT2D eigenvalue weighted by molar-refractivity contribution is -0.140. The minimum atomic E-state index is -0.879. The summed E-state index contributed by atoms with van der Waals surface area (Å²) in [6, 6.07) is 3.31. The lowest BCUT2D eigenvalue weighted by Gasteiger charge is -2.04. The first-order chi connectivity index (χ1) is 7.18. The van der Waals surface area contributed by atoms with E-state index in [-0.39, 0.29) is 0 Å². The van der Waals surface area contributed by atoms with E-state index in [1.165, 1.54) is 4.68 Å². The van der Waals surface area contributed by atoms with Crippen molar-refractivity contribution in [2.45, 2.75) is 13.0 Å². The fourth-order valence-corrected chi connectivity index (χ4v) is 1.94. The summed E-state index contributed by atoms with van der Waals surface area (Å²) < 4.78 is 1.46. The molecule has 0 aliphatic rings. The smallest absolute Gasteiger partial charge is 0.328 e. The molecule has 0 radical (unpaired) electrons. The molecule has 0 fully saturated rings. The second-order valence-electron chi connectivity index (χ2n) is 3.20. The van der Waals surface area contributed by atoms with Crippen LogP contribution in [0.25, 0.3) is 10.4 Å². The molecule has 0 aliphatic carbocycles. The number of hydrogen-bond acceptors (Lipinski definition) is 3. The van der Waals surface area contributed by atoms with E-state index in [4.69, 9.17) is 5.11 Å². The van der Waals surface area contributed by atoms with E-state index < -0.39 is 12.0 Å². The van der Waals surface area contributed by atoms with Crippen LogP contribution in [0.2, 0.25) is 0 Å². The van der Waals surface area contributed by atoms with Crippen molar-refractivity contribution in [2.75, 3.05) is 0 Å². The molecule has 1 atom stereocenters. The molecule has 0 saturated heterocycles. The van der Waals surface area contributed by atoms with E-state index in [9.17, 15) is 4.79 Å². The first-order valence-electron chi connectivity index (χ1n) is 4.49. The molecule has 0 aliphatic heterocycles. The summed E-state index contributed by atoms with van der Waals surface area (Å²) in [6.45, 7) is 1.60. The number of carboxylic acids is 1. The van der Waals surface area contributed by atoms with Gasteiger partial charge in [0.2, 0.25) is 0 Å². The molecule has 0 saturated carbocycles. The van der Waals surface area contributed by atoms with Crippen molar-refractivity contribution in [2.24, 2.45) is 0 Å². The summed E-state index contributed by atoms with van der Waals surface area (Å²) in [7, 11) is 0. The molecule has 2 heterocycles. The number of thiophene rings is 1. The Bertz CT molecular complexity index is 461. The van der Waals surface area contributed by atoms with Crippen molar-refractivity contribution in [3.63, 3.8) is 0 Å². The number of hydrogen-bond donors (Lipinski definition) is 1. The molecular formula is C10H10N2O2S. The second kappa shape index (κ2) is 3.86. The van der Waals surface area contributed by atoms with E-state index in [0.29, 0.717) is 0 Å². The minimum Gasteiger partial charge on any atom is -0.480 e. The van der Waals surface area contributed by atoms with Crippen LogP contribution < -0.4 is 0 Å². The average Bonchev–Trinajstić information content (AvgIpc) is 2.86. The number of nitrogens with zero attached hydrogens (tertiary/aromatic N) is 2. The Balaban J connectivity index is 2.28. The maximum Gasteiger partial charge on any atom is 0.328 e. The summed E-state index contributed by atoms with van der Waals surface area (Å²) in [4.78, 5) is 11.8. The molecular weight excluding hydrogens is 212 g/mol. The van der Waals surface area contributed by atoms with Gasteiger partial charge >= 0.3 is 5.97 Å². The van der Waals surface area contributed by atoms with E-state index in [2.05, 4.69) is 5.10 Å². The Morgan fingerprint density at radius 2 is 2.47 bits per heavy atom. The monoisotopic (exact) mass is 222 g/mol. The van der Waals surface area contributed by atoms with Crippen LogP contribution in [0.5, 0.6) is 0 Å². The van der Waals surface area contributed by atoms with Crippen LogP contribution in [0.1, 0.15) is 13.0 Å². The first kappa shape index (κ1) is 9.92. The maximum atomic E-state index is 10.7. The third-order valence-electron chi connectivity index (χ3n) is 2.16. The van der Waals surface area contributed by atoms with E-state index in [0.717, 1.165) is 10.4 Å². The summed E-state index contributed by atoms with van der Waals surface area (Å²) >= 11 is 1.61. The molecule has 2 aromatic heterocycles. The van der Waals surface area contributed by atoms with Gasteiger partial charge in [0.05, 0.1) is 6.20 Å². The standard InChI is InChI=1S/C10H10N2O2S/c1-7(10(13)14)12-6-8(5-11-12)9-3-2-4-15-9/h2-7H,1H3,(H,13,14)/t7-/m1/s1. The van der Waals surface area contributed by atoms with Crippen molar-refractivity contribution in [3.8, 4) is 10.4 Å². The van der Waals surface area contributed by atoms with Gasteiger partial charge < -0.3 is 5.11 Å². The van der Waals surface area contributed by atoms with Gasteiger partial charge in [-0.1, -0.05) is 6.07 Å². The van der Waals surface area contributed by atoms with Crippen LogP contribution in [0.3, 0.4) is 0 Å². The third-order valence-corrected chi connectivity index (χ3v) is 3.08. The first-order valence-corrected chi connectivity index (χ1v) is 5.37. The predicted molar refractivity (Wildman–Crippen MR) is 57.9 cm³/mol. The zero-order valence-electron chi connectivity index (χ0n) is 8.12. The maximum absolute atomic E-state index is 10.7. The summed E-state index contributed by atoms with van der Waals surface area (Å²) in [5.41, 5.74) is 0.957. The molecule has 4 nitrogen and oxygen atoms in total. The topological polar surface area (TPSA) is 55.1 Å². The molecule has 0 amide bonds. The second-order valence-corrected chi connectivity index (χ2v) is 4.15. The van der Waals surface area contributed by atoms with Gasteiger partial charge in [0.15, 0.2) is 0 Å². The highest BCUT2D eigenvalue weighted by molar-refractivity contribution is 7.13. The lowest BCUT2D eigenvalue weighted by Crippen LogP contribution is -2.15. The fourth-order valence-electron chi connectivity index (χ4n) is 1.23. The van der Waals surface area contributed by atoms with Crippen molar-refractivity contribution in [1.82, 2.24) is 9.78 Å². The molecule has 0 unspecified atom stereocenters. The van der Waals surface area contributed by atoms with Crippen LogP contribution in [0.15, 0.2) is 29.9 Å². The van der Waals surface area contributed by atoms with Crippen molar-refractivity contribution >= 4 is 17.3 Å². The largest absolute Gasteiger partial charge is 0.480 e. The van der Waals surface area contributed by atoms with Crippen molar-refractivity contribution in [1.29, 1.82) is 0 Å². The summed E-state index contributed by atoms with van der Waals surface area (Å²) in [6.07, 6.45) is 3.44. The Morgan fingerprint density at radius 1 is 1.67 bits per heavy atom. The SMILES string of the molecule is C[C@H](C(=O)O)n1cc(-c2cccs2)cn1. The van der Waals surface area contributed by atoms with E-state index in [1.807, 2.05) is 17.5 Å². The molecule has 0 spiro atoms. The van der Waals surface area contributed by atoms with Crippen LogP contribution in [-0.4, -0.2) is 20.9 Å². The molecule has 2 aromatic rings. The highest BCUT2D eigenvalue weighted by Gasteiger charge is 2.14. The van der Waals surface area contributed by atoms with Gasteiger partial charge in [-0.15, -0.1) is 11.3 Å². The van der Waals surface area contributed by atoms with Gasteiger partial charge in [0, 0.05) is 16.6 Å². The van der Waals surface area contributed by atoms with E-state index >= 15 is 0 Å². The third kappa shape index (κ3) is 1.92. The van der Waals surface area contributed by atoms with Gasteiger partial charge in [0.1, 0.15) is 6.04 Å². The molecule has 78 valence electrons. The molecule has 2 rings (SSSR count). The number of carboxylic acid groups (broad SMARTS) is 1. The zero-order valence-corrected chi connectivity index (χ0v) is 8.94. The Kier molecular flexibility index (Phi) is 2.55. The minimum absolute atomic E-state index is 0.626. The Morgan fingerprint density at radius 3 is 3.07 bits per heavy atom. The van der Waals surface area contributed by atoms with Gasteiger partial charge in [-0.2, -0.15) is 5.10 Å². The Labute approximate surface area is 90.8 Å². The van der Waals surface area contributed by atoms with Crippen LogP contribution >= 0.6 is 11.3 Å². The summed E-state index contributed by atoms with van der Waals surface area (Å²) in [5, 5.41) is 14.8. The number of carbonyl (C=O) groups is 1. The molecule has 1 N–H and O–H groups in total. The zero-order chi connectivity index (χ0) is 10.8. The normalized spacial score (nSPS) is 12.6. The lowest BCUT2D eigenvalue weighted by atomic mass is 10.3. The van der Waals surface area contributed by atoms with Crippen LogP contribution in [0.4, 0.5) is 0 Å². The highest BCUT2D eigenvalue weighted by atomic mass is 32.1. The van der Waals surface area contributed by atoms with Gasteiger partial charge in [-0.25, -0.2) is 4.79 Å². The number of aromatic nitrogens is 2. The molecule has 5 heteroatoms. The molecule has 0 bridgehead atoms. The van der Waals surface area contributed by atoms with E-state index in [1.54, 1.807) is 30.7 Å². The quantitative estimate of drug-likeness (QED) is 0.866.